The first-order chi connectivity index (χ1) is 8.43. The molecule has 1 fully saturated rings. The van der Waals surface area contributed by atoms with Gasteiger partial charge in [0.1, 0.15) is 10.0 Å². The molecular formula is C10H12Cl2N2O2S2. The normalized spacial score (nSPS) is 20.6. The standard InChI is InChI=1S/C10H12Cl2N2O2S2/c1-14(7-2-3-17-6-7)18(15,16)8-4-9(11)10(12)13-5-8/h4-5,7H,2-3,6H2,1H3. The van der Waals surface area contributed by atoms with E-state index in [-0.39, 0.29) is 21.1 Å². The van der Waals surface area contributed by atoms with Gasteiger partial charge < -0.3 is 0 Å². The Bertz CT molecular complexity index is 545. The van der Waals surface area contributed by atoms with Gasteiger partial charge in [-0.1, -0.05) is 23.2 Å². The summed E-state index contributed by atoms with van der Waals surface area (Å²) in [6.45, 7) is 0. The van der Waals surface area contributed by atoms with Crippen LogP contribution in [0.5, 0.6) is 0 Å². The number of rotatable bonds is 3. The van der Waals surface area contributed by atoms with Gasteiger partial charge in [0.25, 0.3) is 0 Å². The van der Waals surface area contributed by atoms with E-state index in [0.717, 1.165) is 17.9 Å². The van der Waals surface area contributed by atoms with E-state index in [1.165, 1.54) is 16.6 Å². The van der Waals surface area contributed by atoms with Gasteiger partial charge in [-0.15, -0.1) is 0 Å². The molecule has 1 atom stereocenters. The van der Waals surface area contributed by atoms with Crippen molar-refractivity contribution in [2.75, 3.05) is 18.6 Å². The fraction of sp³-hybridized carbons (Fsp3) is 0.500. The van der Waals surface area contributed by atoms with Crippen LogP contribution in [0.25, 0.3) is 0 Å². The first-order valence-corrected chi connectivity index (χ1v) is 8.65. The van der Waals surface area contributed by atoms with Crippen LogP contribution in [0.4, 0.5) is 0 Å². The largest absolute Gasteiger partial charge is 0.244 e. The van der Waals surface area contributed by atoms with E-state index in [4.69, 9.17) is 23.2 Å². The molecule has 1 aliphatic heterocycles. The van der Waals surface area contributed by atoms with Gasteiger partial charge >= 0.3 is 0 Å². The molecule has 18 heavy (non-hydrogen) atoms. The van der Waals surface area contributed by atoms with E-state index >= 15 is 0 Å². The zero-order valence-corrected chi connectivity index (χ0v) is 12.8. The molecule has 100 valence electrons. The second-order valence-electron chi connectivity index (χ2n) is 3.98. The minimum Gasteiger partial charge on any atom is -0.242 e. The molecule has 0 amide bonds. The maximum Gasteiger partial charge on any atom is 0.244 e. The van der Waals surface area contributed by atoms with Crippen molar-refractivity contribution in [1.82, 2.24) is 9.29 Å². The van der Waals surface area contributed by atoms with Crippen molar-refractivity contribution < 1.29 is 8.42 Å². The predicted octanol–water partition coefficient (Wildman–Crippen LogP) is 2.51. The van der Waals surface area contributed by atoms with Gasteiger partial charge in [0.2, 0.25) is 10.0 Å². The number of aromatic nitrogens is 1. The fourth-order valence-electron chi connectivity index (χ4n) is 1.72. The summed E-state index contributed by atoms with van der Waals surface area (Å²) >= 11 is 13.2. The van der Waals surface area contributed by atoms with Crippen LogP contribution in [0.2, 0.25) is 10.2 Å². The van der Waals surface area contributed by atoms with Gasteiger partial charge in [-0.25, -0.2) is 13.4 Å². The average molecular weight is 327 g/mol. The Kier molecular flexibility index (Phi) is 4.44. The number of sulfonamides is 1. The summed E-state index contributed by atoms with van der Waals surface area (Å²) in [5, 5.41) is 0.252. The SMILES string of the molecule is CN(C1CCSC1)S(=O)(=O)c1cnc(Cl)c(Cl)c1. The second kappa shape index (κ2) is 5.54. The summed E-state index contributed by atoms with van der Waals surface area (Å²) in [6.07, 6.45) is 2.11. The van der Waals surface area contributed by atoms with Crippen LogP contribution in [-0.4, -0.2) is 42.3 Å². The van der Waals surface area contributed by atoms with E-state index in [2.05, 4.69) is 4.98 Å². The minimum atomic E-state index is -3.55. The van der Waals surface area contributed by atoms with Gasteiger partial charge in [0, 0.05) is 25.0 Å². The molecule has 2 rings (SSSR count). The van der Waals surface area contributed by atoms with Crippen molar-refractivity contribution in [2.24, 2.45) is 0 Å². The average Bonchev–Trinajstić information content (AvgIpc) is 2.85. The molecule has 0 bridgehead atoms. The van der Waals surface area contributed by atoms with Gasteiger partial charge in [-0.05, 0) is 18.2 Å². The molecule has 0 aliphatic carbocycles. The van der Waals surface area contributed by atoms with Crippen molar-refractivity contribution in [3.63, 3.8) is 0 Å². The quantitative estimate of drug-likeness (QED) is 0.801. The Balaban J connectivity index is 2.32. The summed E-state index contributed by atoms with van der Waals surface area (Å²) in [5.74, 6) is 1.81. The smallest absolute Gasteiger partial charge is 0.242 e. The maximum atomic E-state index is 12.4. The fourth-order valence-corrected chi connectivity index (χ4v) is 4.77. The van der Waals surface area contributed by atoms with Crippen molar-refractivity contribution in [1.29, 1.82) is 0 Å². The highest BCUT2D eigenvalue weighted by molar-refractivity contribution is 7.99. The first kappa shape index (κ1) is 14.4. The lowest BCUT2D eigenvalue weighted by atomic mass is 10.3. The summed E-state index contributed by atoms with van der Waals surface area (Å²) in [4.78, 5) is 3.86. The van der Waals surface area contributed by atoms with E-state index in [0.29, 0.717) is 0 Å². The van der Waals surface area contributed by atoms with Crippen LogP contribution in [0.1, 0.15) is 6.42 Å². The Labute approximate surface area is 121 Å². The number of thioether (sulfide) groups is 1. The molecule has 0 N–H and O–H groups in total. The van der Waals surface area contributed by atoms with Gasteiger partial charge in [0.15, 0.2) is 0 Å². The number of pyridine rings is 1. The molecule has 1 unspecified atom stereocenters. The Morgan fingerprint density at radius 3 is 2.78 bits per heavy atom. The summed E-state index contributed by atoms with van der Waals surface area (Å²) in [7, 11) is -1.96. The van der Waals surface area contributed by atoms with Crippen LogP contribution in [0.15, 0.2) is 17.2 Å². The lowest BCUT2D eigenvalue weighted by Crippen LogP contribution is -2.37. The van der Waals surface area contributed by atoms with Gasteiger partial charge in [-0.2, -0.15) is 16.1 Å². The molecular weight excluding hydrogens is 315 g/mol. The Morgan fingerprint density at radius 2 is 2.22 bits per heavy atom. The molecule has 0 spiro atoms. The highest BCUT2D eigenvalue weighted by Gasteiger charge is 2.30. The highest BCUT2D eigenvalue weighted by Crippen LogP contribution is 2.28. The topological polar surface area (TPSA) is 50.3 Å². The third-order valence-electron chi connectivity index (χ3n) is 2.87. The Morgan fingerprint density at radius 1 is 1.50 bits per heavy atom. The second-order valence-corrected chi connectivity index (χ2v) is 7.89. The molecule has 0 saturated carbocycles. The number of nitrogens with zero attached hydrogens (tertiary/aromatic N) is 2. The molecule has 0 radical (unpaired) electrons. The molecule has 8 heteroatoms. The molecule has 1 aromatic rings. The van der Waals surface area contributed by atoms with E-state index in [1.807, 2.05) is 0 Å². The third kappa shape index (κ3) is 2.77. The molecule has 4 nitrogen and oxygen atoms in total. The van der Waals surface area contributed by atoms with Gasteiger partial charge in [-0.3, -0.25) is 0 Å². The first-order valence-electron chi connectivity index (χ1n) is 5.30. The highest BCUT2D eigenvalue weighted by atomic mass is 35.5. The molecule has 2 heterocycles. The van der Waals surface area contributed by atoms with E-state index in [1.54, 1.807) is 18.8 Å². The predicted molar refractivity (Wildman–Crippen MR) is 74.9 cm³/mol. The van der Waals surface area contributed by atoms with Crippen LogP contribution >= 0.6 is 35.0 Å². The van der Waals surface area contributed by atoms with Crippen LogP contribution < -0.4 is 0 Å². The summed E-state index contributed by atoms with van der Waals surface area (Å²) < 4.78 is 26.1. The maximum absolute atomic E-state index is 12.4. The number of hydrogen-bond acceptors (Lipinski definition) is 4. The lowest BCUT2D eigenvalue weighted by Gasteiger charge is -2.23. The molecule has 0 aromatic carbocycles. The molecule has 1 saturated heterocycles. The lowest BCUT2D eigenvalue weighted by molar-refractivity contribution is 0.394. The summed E-state index contributed by atoms with van der Waals surface area (Å²) in [6, 6.07) is 1.37. The molecule has 1 aromatic heterocycles. The zero-order valence-electron chi connectivity index (χ0n) is 9.64. The van der Waals surface area contributed by atoms with Gasteiger partial charge in [0.05, 0.1) is 5.02 Å². The number of hydrogen-bond donors (Lipinski definition) is 0. The summed E-state index contributed by atoms with van der Waals surface area (Å²) in [5.41, 5.74) is 0. The monoisotopic (exact) mass is 326 g/mol. The minimum absolute atomic E-state index is 0.0365. The van der Waals surface area contributed by atoms with Crippen molar-refractivity contribution in [3.8, 4) is 0 Å². The van der Waals surface area contributed by atoms with Crippen molar-refractivity contribution in [3.05, 3.63) is 22.4 Å². The van der Waals surface area contributed by atoms with Crippen molar-refractivity contribution >= 4 is 45.0 Å². The van der Waals surface area contributed by atoms with Crippen LogP contribution in [0, 0.1) is 0 Å². The van der Waals surface area contributed by atoms with Crippen molar-refractivity contribution in [2.45, 2.75) is 17.4 Å². The van der Waals surface area contributed by atoms with Crippen LogP contribution in [0.3, 0.4) is 0 Å². The zero-order chi connectivity index (χ0) is 13.3. The van der Waals surface area contributed by atoms with Crippen LogP contribution in [-0.2, 0) is 10.0 Å². The Hall–Kier alpha value is -0.0100. The third-order valence-corrected chi connectivity index (χ3v) is 6.57. The van der Waals surface area contributed by atoms with E-state index in [9.17, 15) is 8.42 Å². The number of halogens is 2. The van der Waals surface area contributed by atoms with E-state index < -0.39 is 10.0 Å². The molecule has 1 aliphatic rings.